The highest BCUT2D eigenvalue weighted by atomic mass is 127. The lowest BCUT2D eigenvalue weighted by Crippen LogP contribution is -2.12. The van der Waals surface area contributed by atoms with E-state index in [4.69, 9.17) is 4.74 Å². The molecule has 0 aliphatic carbocycles. The Balaban J connectivity index is 2.18. The number of hydrogen-bond donors (Lipinski definition) is 1. The molecule has 1 amide bonds. The number of anilines is 1. The van der Waals surface area contributed by atoms with Gasteiger partial charge < -0.3 is 10.1 Å². The quantitative estimate of drug-likeness (QED) is 0.735. The highest BCUT2D eigenvalue weighted by Crippen LogP contribution is 2.22. The number of halogens is 2. The predicted molar refractivity (Wildman–Crippen MR) is 87.8 cm³/mol. The summed E-state index contributed by atoms with van der Waals surface area (Å²) in [5, 5.41) is 2.85. The van der Waals surface area contributed by atoms with Crippen LogP contribution in [0, 0.1) is 3.57 Å². The van der Waals surface area contributed by atoms with Crippen molar-refractivity contribution in [2.24, 2.45) is 0 Å². The van der Waals surface area contributed by atoms with Crippen molar-refractivity contribution >= 4 is 50.1 Å². The fourth-order valence-corrected chi connectivity index (χ4v) is 2.71. The van der Waals surface area contributed by atoms with Crippen molar-refractivity contribution in [3.63, 3.8) is 0 Å². The second kappa shape index (κ2) is 6.38. The van der Waals surface area contributed by atoms with Crippen LogP contribution in [0.1, 0.15) is 10.4 Å². The van der Waals surface area contributed by atoms with Gasteiger partial charge in [0.1, 0.15) is 5.75 Å². The predicted octanol–water partition coefficient (Wildman–Crippen LogP) is 4.31. The number of carbonyl (C=O) groups is 1. The molecule has 0 saturated carbocycles. The van der Waals surface area contributed by atoms with Crippen LogP contribution in [0.3, 0.4) is 0 Å². The minimum Gasteiger partial charge on any atom is -0.496 e. The lowest BCUT2D eigenvalue weighted by atomic mass is 10.2. The molecule has 2 aromatic carbocycles. The Morgan fingerprint density at radius 3 is 2.68 bits per heavy atom. The molecule has 2 rings (SSSR count). The molecule has 2 aromatic rings. The summed E-state index contributed by atoms with van der Waals surface area (Å²) >= 11 is 5.51. The van der Waals surface area contributed by atoms with Crippen LogP contribution in [0.15, 0.2) is 46.9 Å². The van der Waals surface area contributed by atoms with Gasteiger partial charge in [0, 0.05) is 15.7 Å². The third-order valence-corrected chi connectivity index (χ3v) is 3.83. The first-order valence-electron chi connectivity index (χ1n) is 5.50. The van der Waals surface area contributed by atoms with Gasteiger partial charge in [-0.25, -0.2) is 0 Å². The molecule has 98 valence electrons. The minimum absolute atomic E-state index is 0.140. The largest absolute Gasteiger partial charge is 0.496 e. The fourth-order valence-electron chi connectivity index (χ4n) is 1.58. The molecule has 0 bridgehead atoms. The second-order valence-electron chi connectivity index (χ2n) is 3.81. The van der Waals surface area contributed by atoms with Gasteiger partial charge in [-0.05, 0) is 59.0 Å². The van der Waals surface area contributed by atoms with Crippen LogP contribution in [-0.4, -0.2) is 13.0 Å². The van der Waals surface area contributed by atoms with E-state index in [0.717, 1.165) is 19.5 Å². The molecular formula is C14H11BrINO2. The summed E-state index contributed by atoms with van der Waals surface area (Å²) in [7, 11) is 1.61. The number of ether oxygens (including phenoxy) is 1. The Bertz CT molecular complexity index is 616. The molecule has 0 radical (unpaired) electrons. The summed E-state index contributed by atoms with van der Waals surface area (Å²) in [4.78, 5) is 12.1. The zero-order valence-corrected chi connectivity index (χ0v) is 13.9. The van der Waals surface area contributed by atoms with Gasteiger partial charge >= 0.3 is 0 Å². The fraction of sp³-hybridized carbons (Fsp3) is 0.0714. The third kappa shape index (κ3) is 3.70. The first-order chi connectivity index (χ1) is 9.10. The van der Waals surface area contributed by atoms with Crippen LogP contribution in [-0.2, 0) is 0 Å². The van der Waals surface area contributed by atoms with Gasteiger partial charge in [-0.15, -0.1) is 0 Å². The molecule has 1 N–H and O–H groups in total. The van der Waals surface area contributed by atoms with E-state index in [0.29, 0.717) is 5.56 Å². The monoisotopic (exact) mass is 431 g/mol. The van der Waals surface area contributed by atoms with Crippen molar-refractivity contribution in [2.45, 2.75) is 0 Å². The smallest absolute Gasteiger partial charge is 0.255 e. The van der Waals surface area contributed by atoms with Gasteiger partial charge in [-0.2, -0.15) is 0 Å². The summed E-state index contributed by atoms with van der Waals surface area (Å²) in [5.41, 5.74) is 1.36. The van der Waals surface area contributed by atoms with Crippen molar-refractivity contribution in [2.75, 3.05) is 12.4 Å². The number of nitrogens with one attached hydrogen (secondary N) is 1. The summed E-state index contributed by atoms with van der Waals surface area (Å²) in [6, 6.07) is 12.8. The highest BCUT2D eigenvalue weighted by Gasteiger charge is 2.09. The first-order valence-corrected chi connectivity index (χ1v) is 7.38. The van der Waals surface area contributed by atoms with Crippen molar-refractivity contribution in [1.29, 1.82) is 0 Å². The molecule has 0 atom stereocenters. The minimum atomic E-state index is -0.140. The molecule has 3 nitrogen and oxygen atoms in total. The average Bonchev–Trinajstić information content (AvgIpc) is 2.38. The summed E-state index contributed by atoms with van der Waals surface area (Å²) < 4.78 is 7.00. The maximum Gasteiger partial charge on any atom is 0.255 e. The lowest BCUT2D eigenvalue weighted by Gasteiger charge is -2.08. The second-order valence-corrected chi connectivity index (χ2v) is 5.89. The molecule has 0 unspecified atom stereocenters. The van der Waals surface area contributed by atoms with Crippen LogP contribution in [0.25, 0.3) is 0 Å². The van der Waals surface area contributed by atoms with Crippen molar-refractivity contribution < 1.29 is 9.53 Å². The maximum absolute atomic E-state index is 12.1. The molecule has 5 heteroatoms. The first kappa shape index (κ1) is 14.3. The number of amides is 1. The zero-order valence-electron chi connectivity index (χ0n) is 10.1. The summed E-state index contributed by atoms with van der Waals surface area (Å²) in [6.07, 6.45) is 0. The number of hydrogen-bond acceptors (Lipinski definition) is 2. The van der Waals surface area contributed by atoms with Crippen LogP contribution in [0.4, 0.5) is 5.69 Å². The van der Waals surface area contributed by atoms with Crippen molar-refractivity contribution in [3.05, 3.63) is 56.1 Å². The Labute approximate surface area is 133 Å². The van der Waals surface area contributed by atoms with E-state index >= 15 is 0 Å². The van der Waals surface area contributed by atoms with Gasteiger partial charge in [0.15, 0.2) is 0 Å². The number of carbonyl (C=O) groups excluding carboxylic acids is 1. The molecule has 0 spiro atoms. The van der Waals surface area contributed by atoms with Gasteiger partial charge in [0.2, 0.25) is 0 Å². The van der Waals surface area contributed by atoms with E-state index in [9.17, 15) is 4.79 Å². The molecule has 0 aromatic heterocycles. The Morgan fingerprint density at radius 2 is 2.05 bits per heavy atom. The average molecular weight is 432 g/mol. The lowest BCUT2D eigenvalue weighted by molar-refractivity contribution is 0.102. The van der Waals surface area contributed by atoms with Crippen molar-refractivity contribution in [1.82, 2.24) is 0 Å². The van der Waals surface area contributed by atoms with E-state index in [1.807, 2.05) is 24.3 Å². The summed E-state index contributed by atoms with van der Waals surface area (Å²) in [6.45, 7) is 0. The van der Waals surface area contributed by atoms with Gasteiger partial charge in [-0.3, -0.25) is 4.79 Å². The van der Waals surface area contributed by atoms with Gasteiger partial charge in [0.25, 0.3) is 5.91 Å². The molecule has 19 heavy (non-hydrogen) atoms. The van der Waals surface area contributed by atoms with E-state index in [-0.39, 0.29) is 5.91 Å². The maximum atomic E-state index is 12.1. The van der Waals surface area contributed by atoms with Crippen LogP contribution in [0.2, 0.25) is 0 Å². The molecular weight excluding hydrogens is 421 g/mol. The standard InChI is InChI=1S/C14H11BrINO2/c1-19-13-6-5-9(7-12(13)16)14(18)17-11-4-2-3-10(15)8-11/h2-8H,1H3,(H,17,18). The van der Waals surface area contributed by atoms with Crippen LogP contribution >= 0.6 is 38.5 Å². The van der Waals surface area contributed by atoms with Gasteiger partial charge in [-0.1, -0.05) is 22.0 Å². The zero-order chi connectivity index (χ0) is 13.8. The molecule has 0 aliphatic heterocycles. The normalized spacial score (nSPS) is 10.1. The topological polar surface area (TPSA) is 38.3 Å². The Morgan fingerprint density at radius 1 is 1.26 bits per heavy atom. The number of methoxy groups -OCH3 is 1. The van der Waals surface area contributed by atoms with E-state index < -0.39 is 0 Å². The van der Waals surface area contributed by atoms with E-state index in [1.54, 1.807) is 25.3 Å². The Kier molecular flexibility index (Phi) is 4.81. The van der Waals surface area contributed by atoms with E-state index in [1.165, 1.54) is 0 Å². The molecule has 0 heterocycles. The van der Waals surface area contributed by atoms with E-state index in [2.05, 4.69) is 43.8 Å². The highest BCUT2D eigenvalue weighted by molar-refractivity contribution is 14.1. The SMILES string of the molecule is COc1ccc(C(=O)Nc2cccc(Br)c2)cc1I. The van der Waals surface area contributed by atoms with Crippen molar-refractivity contribution in [3.8, 4) is 5.75 Å². The van der Waals surface area contributed by atoms with Crippen LogP contribution in [0.5, 0.6) is 5.75 Å². The summed E-state index contributed by atoms with van der Waals surface area (Å²) in [5.74, 6) is 0.623. The molecule has 0 aliphatic rings. The molecule has 0 saturated heterocycles. The number of rotatable bonds is 3. The number of benzene rings is 2. The van der Waals surface area contributed by atoms with Crippen LogP contribution < -0.4 is 10.1 Å². The third-order valence-electron chi connectivity index (χ3n) is 2.50. The molecule has 0 fully saturated rings. The Hall–Kier alpha value is -1.08. The van der Waals surface area contributed by atoms with Gasteiger partial charge in [0.05, 0.1) is 10.7 Å².